The molecule has 1 unspecified atom stereocenters. The molecular weight excluding hydrogens is 249 g/mol. The van der Waals surface area contributed by atoms with Crippen molar-refractivity contribution in [2.24, 2.45) is 5.92 Å². The van der Waals surface area contributed by atoms with E-state index in [-0.39, 0.29) is 17.5 Å². The van der Waals surface area contributed by atoms with Crippen LogP contribution in [-0.4, -0.2) is 17.0 Å². The Kier molecular flexibility index (Phi) is 5.23. The number of benzene rings is 1. The van der Waals surface area contributed by atoms with Crippen molar-refractivity contribution >= 4 is 23.6 Å². The van der Waals surface area contributed by atoms with Gasteiger partial charge in [0.15, 0.2) is 0 Å². The molecule has 102 valence electrons. The summed E-state index contributed by atoms with van der Waals surface area (Å²) < 4.78 is 13.7. The van der Waals surface area contributed by atoms with E-state index < -0.39 is 11.8 Å². The Morgan fingerprint density at radius 2 is 2.16 bits per heavy atom. The van der Waals surface area contributed by atoms with E-state index in [0.717, 1.165) is 6.08 Å². The summed E-state index contributed by atoms with van der Waals surface area (Å²) in [5.74, 6) is -2.13. The fraction of sp³-hybridized carbons (Fsp3) is 0.286. The maximum absolute atomic E-state index is 13.7. The second-order valence-corrected chi connectivity index (χ2v) is 4.21. The SMILES string of the molecule is CCC(C)C(=O)Nc1ccc(C=CC(=O)O)cc1F. The van der Waals surface area contributed by atoms with Gasteiger partial charge in [0, 0.05) is 12.0 Å². The van der Waals surface area contributed by atoms with Gasteiger partial charge in [-0.05, 0) is 30.2 Å². The number of halogens is 1. The van der Waals surface area contributed by atoms with Crippen LogP contribution in [-0.2, 0) is 9.59 Å². The lowest BCUT2D eigenvalue weighted by atomic mass is 10.1. The summed E-state index contributed by atoms with van der Waals surface area (Å²) in [7, 11) is 0. The number of anilines is 1. The van der Waals surface area contributed by atoms with E-state index in [0.29, 0.717) is 12.0 Å². The molecule has 0 aliphatic carbocycles. The number of hydrogen-bond acceptors (Lipinski definition) is 2. The minimum Gasteiger partial charge on any atom is -0.478 e. The normalized spacial score (nSPS) is 12.4. The number of amides is 1. The van der Waals surface area contributed by atoms with Crippen molar-refractivity contribution < 1.29 is 19.1 Å². The lowest BCUT2D eigenvalue weighted by Gasteiger charge is -2.10. The van der Waals surface area contributed by atoms with Gasteiger partial charge in [0.2, 0.25) is 5.91 Å². The van der Waals surface area contributed by atoms with Crippen molar-refractivity contribution in [3.05, 3.63) is 35.7 Å². The van der Waals surface area contributed by atoms with Crippen LogP contribution in [0, 0.1) is 11.7 Å². The number of aliphatic carboxylic acids is 1. The Morgan fingerprint density at radius 3 is 2.68 bits per heavy atom. The number of hydrogen-bond donors (Lipinski definition) is 2. The van der Waals surface area contributed by atoms with Crippen molar-refractivity contribution in [1.82, 2.24) is 0 Å². The summed E-state index contributed by atoms with van der Waals surface area (Å²) in [4.78, 5) is 22.0. The lowest BCUT2D eigenvalue weighted by molar-refractivity contribution is -0.131. The first-order valence-corrected chi connectivity index (χ1v) is 5.95. The topological polar surface area (TPSA) is 66.4 Å². The Labute approximate surface area is 110 Å². The van der Waals surface area contributed by atoms with Crippen molar-refractivity contribution in [3.8, 4) is 0 Å². The van der Waals surface area contributed by atoms with Crippen LogP contribution in [0.25, 0.3) is 6.08 Å². The van der Waals surface area contributed by atoms with E-state index in [1.165, 1.54) is 24.3 Å². The molecule has 0 saturated heterocycles. The largest absolute Gasteiger partial charge is 0.478 e. The Balaban J connectivity index is 2.83. The van der Waals surface area contributed by atoms with E-state index in [1.54, 1.807) is 6.92 Å². The third-order valence-corrected chi connectivity index (χ3v) is 2.73. The standard InChI is InChI=1S/C14H16FNO3/c1-3-9(2)14(19)16-12-6-4-10(8-11(12)15)5-7-13(17)18/h4-9H,3H2,1-2H3,(H,16,19)(H,17,18). The van der Waals surface area contributed by atoms with Gasteiger partial charge in [-0.1, -0.05) is 19.9 Å². The molecule has 1 aromatic rings. The third-order valence-electron chi connectivity index (χ3n) is 2.73. The van der Waals surface area contributed by atoms with Crippen LogP contribution in [0.2, 0.25) is 0 Å². The van der Waals surface area contributed by atoms with Crippen LogP contribution < -0.4 is 5.32 Å². The maximum Gasteiger partial charge on any atom is 0.328 e. The maximum atomic E-state index is 13.7. The highest BCUT2D eigenvalue weighted by Gasteiger charge is 2.12. The molecule has 1 atom stereocenters. The van der Waals surface area contributed by atoms with Gasteiger partial charge in [-0.2, -0.15) is 0 Å². The molecule has 0 heterocycles. The predicted molar refractivity (Wildman–Crippen MR) is 71.2 cm³/mol. The van der Waals surface area contributed by atoms with E-state index in [2.05, 4.69) is 5.32 Å². The number of rotatable bonds is 5. The lowest BCUT2D eigenvalue weighted by Crippen LogP contribution is -2.20. The minimum absolute atomic E-state index is 0.0952. The highest BCUT2D eigenvalue weighted by Crippen LogP contribution is 2.18. The molecule has 0 aromatic heterocycles. The number of carbonyl (C=O) groups is 2. The zero-order valence-corrected chi connectivity index (χ0v) is 10.8. The summed E-state index contributed by atoms with van der Waals surface area (Å²) >= 11 is 0. The quantitative estimate of drug-likeness (QED) is 0.804. The van der Waals surface area contributed by atoms with Crippen molar-refractivity contribution in [1.29, 1.82) is 0 Å². The first-order valence-electron chi connectivity index (χ1n) is 5.95. The summed E-state index contributed by atoms with van der Waals surface area (Å²) in [6.07, 6.45) is 2.88. The van der Waals surface area contributed by atoms with Gasteiger partial charge in [0.05, 0.1) is 5.69 Å². The molecule has 0 fully saturated rings. The van der Waals surface area contributed by atoms with Crippen molar-refractivity contribution in [2.45, 2.75) is 20.3 Å². The molecule has 0 aliphatic heterocycles. The van der Waals surface area contributed by atoms with Crippen molar-refractivity contribution in [3.63, 3.8) is 0 Å². The second kappa shape index (κ2) is 6.68. The van der Waals surface area contributed by atoms with E-state index in [1.807, 2.05) is 6.92 Å². The minimum atomic E-state index is -1.10. The van der Waals surface area contributed by atoms with Crippen LogP contribution in [0.15, 0.2) is 24.3 Å². The molecule has 0 aliphatic rings. The molecule has 5 heteroatoms. The van der Waals surface area contributed by atoms with E-state index in [4.69, 9.17) is 5.11 Å². The molecule has 1 aromatic carbocycles. The van der Waals surface area contributed by atoms with Crippen LogP contribution in [0.3, 0.4) is 0 Å². The monoisotopic (exact) mass is 265 g/mol. The first-order chi connectivity index (χ1) is 8.93. The number of carboxylic acid groups (broad SMARTS) is 1. The molecule has 0 saturated carbocycles. The Bertz CT molecular complexity index is 511. The number of carbonyl (C=O) groups excluding carboxylic acids is 1. The van der Waals surface area contributed by atoms with E-state index >= 15 is 0 Å². The zero-order chi connectivity index (χ0) is 14.4. The van der Waals surface area contributed by atoms with Gasteiger partial charge in [-0.25, -0.2) is 9.18 Å². The van der Waals surface area contributed by atoms with Gasteiger partial charge < -0.3 is 10.4 Å². The molecule has 0 bridgehead atoms. The summed E-state index contributed by atoms with van der Waals surface area (Å²) in [5, 5.41) is 11.0. The zero-order valence-electron chi connectivity index (χ0n) is 10.8. The average Bonchev–Trinajstić information content (AvgIpc) is 2.38. The molecule has 4 nitrogen and oxygen atoms in total. The highest BCUT2D eigenvalue weighted by molar-refractivity contribution is 5.92. The van der Waals surface area contributed by atoms with Crippen LogP contribution in [0.1, 0.15) is 25.8 Å². The van der Waals surface area contributed by atoms with Gasteiger partial charge in [-0.15, -0.1) is 0 Å². The number of carboxylic acids is 1. The molecule has 0 spiro atoms. The first kappa shape index (κ1) is 14.9. The van der Waals surface area contributed by atoms with Gasteiger partial charge in [0.25, 0.3) is 0 Å². The van der Waals surface area contributed by atoms with E-state index in [9.17, 15) is 14.0 Å². The molecule has 19 heavy (non-hydrogen) atoms. The van der Waals surface area contributed by atoms with Crippen molar-refractivity contribution in [2.75, 3.05) is 5.32 Å². The van der Waals surface area contributed by atoms with Crippen LogP contribution in [0.4, 0.5) is 10.1 Å². The Hall–Kier alpha value is -2.17. The van der Waals surface area contributed by atoms with Gasteiger partial charge in [0.1, 0.15) is 5.82 Å². The fourth-order valence-electron chi connectivity index (χ4n) is 1.35. The van der Waals surface area contributed by atoms with Crippen LogP contribution in [0.5, 0.6) is 0 Å². The summed E-state index contributed by atoms with van der Waals surface area (Å²) in [5.41, 5.74) is 0.513. The predicted octanol–water partition coefficient (Wildman–Crippen LogP) is 2.91. The number of nitrogens with one attached hydrogen (secondary N) is 1. The van der Waals surface area contributed by atoms with Gasteiger partial charge >= 0.3 is 5.97 Å². The molecular formula is C14H16FNO3. The molecule has 0 radical (unpaired) electrons. The Morgan fingerprint density at radius 1 is 1.47 bits per heavy atom. The fourth-order valence-corrected chi connectivity index (χ4v) is 1.35. The average molecular weight is 265 g/mol. The molecule has 1 amide bonds. The highest BCUT2D eigenvalue weighted by atomic mass is 19.1. The third kappa shape index (κ3) is 4.54. The molecule has 1 rings (SSSR count). The smallest absolute Gasteiger partial charge is 0.328 e. The summed E-state index contributed by atoms with van der Waals surface area (Å²) in [6, 6.07) is 4.12. The van der Waals surface area contributed by atoms with Gasteiger partial charge in [-0.3, -0.25) is 4.79 Å². The molecule has 2 N–H and O–H groups in total. The second-order valence-electron chi connectivity index (χ2n) is 4.21. The van der Waals surface area contributed by atoms with Crippen LogP contribution >= 0.6 is 0 Å². The summed E-state index contributed by atoms with van der Waals surface area (Å²) in [6.45, 7) is 3.64.